The lowest BCUT2D eigenvalue weighted by atomic mass is 9.96. The molecule has 0 saturated carbocycles. The quantitative estimate of drug-likeness (QED) is 0.414. The number of aliphatic hydroxyl groups is 3. The van der Waals surface area contributed by atoms with Crippen LogP contribution in [0.5, 0.6) is 0 Å². The number of nitrogens with two attached hydrogens (primary N) is 1. The Morgan fingerprint density at radius 3 is 2.95 bits per heavy atom. The summed E-state index contributed by atoms with van der Waals surface area (Å²) in [6, 6.07) is 0. The van der Waals surface area contributed by atoms with E-state index >= 15 is 0 Å². The van der Waals surface area contributed by atoms with Gasteiger partial charge in [-0.25, -0.2) is 9.78 Å². The summed E-state index contributed by atoms with van der Waals surface area (Å²) < 4.78 is 6.76. The van der Waals surface area contributed by atoms with E-state index in [1.165, 1.54) is 17.8 Å². The molecule has 0 spiro atoms. The van der Waals surface area contributed by atoms with Crippen LogP contribution in [0.25, 0.3) is 11.2 Å². The minimum Gasteiger partial charge on any atom is -0.394 e. The first-order valence-corrected chi connectivity index (χ1v) is 6.25. The van der Waals surface area contributed by atoms with E-state index < -0.39 is 36.3 Å². The van der Waals surface area contributed by atoms with E-state index in [-0.39, 0.29) is 17.0 Å². The van der Waals surface area contributed by atoms with Gasteiger partial charge in [-0.15, -0.1) is 0 Å². The number of nitrogens with one attached hydrogen (secondary N) is 1. The first kappa shape index (κ1) is 13.9. The van der Waals surface area contributed by atoms with Crippen molar-refractivity contribution in [1.29, 1.82) is 0 Å². The maximum absolute atomic E-state index is 11.4. The molecule has 21 heavy (non-hydrogen) atoms. The van der Waals surface area contributed by atoms with Gasteiger partial charge in [0.05, 0.1) is 12.9 Å². The third kappa shape index (κ3) is 1.92. The summed E-state index contributed by atoms with van der Waals surface area (Å²) in [4.78, 5) is 21.5. The Kier molecular flexibility index (Phi) is 2.99. The number of nitrogen functional groups attached to an aromatic ring is 1. The van der Waals surface area contributed by atoms with Gasteiger partial charge in [0.25, 0.3) is 0 Å². The zero-order valence-corrected chi connectivity index (χ0v) is 11.1. The van der Waals surface area contributed by atoms with Crippen molar-refractivity contribution in [2.45, 2.75) is 31.0 Å². The van der Waals surface area contributed by atoms with Crippen molar-refractivity contribution in [3.63, 3.8) is 0 Å². The normalized spacial score (nSPS) is 32.9. The Hall–Kier alpha value is -2.01. The number of fused-ring (bicyclic) bond motifs is 1. The van der Waals surface area contributed by atoms with E-state index in [9.17, 15) is 20.1 Å². The lowest BCUT2D eigenvalue weighted by Gasteiger charge is -2.27. The standard InChI is InChI=1S/C11H15N5O5/c1-11(20)6(18)4(2-17)21-9(11)16-3-13-5-7(12)14-10(19)15-8(5)16/h3-4,6,9,17-18,20H,2H2,1H3,(H3,12,14,15,19)/t4?,6?,9?,11-/m1/s1. The van der Waals surface area contributed by atoms with Crippen LogP contribution < -0.4 is 11.4 Å². The highest BCUT2D eigenvalue weighted by molar-refractivity contribution is 5.81. The van der Waals surface area contributed by atoms with Crippen molar-refractivity contribution in [1.82, 2.24) is 19.5 Å². The van der Waals surface area contributed by atoms with E-state index in [0.29, 0.717) is 0 Å². The number of anilines is 1. The minimum absolute atomic E-state index is 0.0423. The van der Waals surface area contributed by atoms with Crippen molar-refractivity contribution in [3.8, 4) is 0 Å². The first-order chi connectivity index (χ1) is 9.86. The van der Waals surface area contributed by atoms with E-state index in [1.807, 2.05) is 0 Å². The van der Waals surface area contributed by atoms with Crippen molar-refractivity contribution in [2.24, 2.45) is 0 Å². The van der Waals surface area contributed by atoms with Crippen molar-refractivity contribution < 1.29 is 20.1 Å². The molecule has 10 heteroatoms. The number of imidazole rings is 1. The summed E-state index contributed by atoms with van der Waals surface area (Å²) >= 11 is 0. The third-order valence-corrected chi connectivity index (χ3v) is 3.66. The summed E-state index contributed by atoms with van der Waals surface area (Å²) in [5.74, 6) is 0.0423. The molecule has 2 aromatic heterocycles. The number of hydrogen-bond acceptors (Lipinski definition) is 8. The van der Waals surface area contributed by atoms with Gasteiger partial charge in [-0.3, -0.25) is 9.55 Å². The van der Waals surface area contributed by atoms with Crippen LogP contribution in [0.15, 0.2) is 11.1 Å². The lowest BCUT2D eigenvalue weighted by Crippen LogP contribution is -2.44. The molecule has 0 aliphatic carbocycles. The number of nitrogens with zero attached hydrogens (tertiary/aromatic N) is 3. The molecule has 114 valence electrons. The molecule has 3 rings (SSSR count). The van der Waals surface area contributed by atoms with Crippen LogP contribution in [-0.2, 0) is 4.74 Å². The van der Waals surface area contributed by atoms with Gasteiger partial charge in [0, 0.05) is 0 Å². The Morgan fingerprint density at radius 1 is 1.62 bits per heavy atom. The second-order valence-corrected chi connectivity index (χ2v) is 5.16. The number of H-pyrrole nitrogens is 1. The second kappa shape index (κ2) is 4.49. The van der Waals surface area contributed by atoms with E-state index in [0.717, 1.165) is 0 Å². The molecule has 1 aliphatic rings. The highest BCUT2D eigenvalue weighted by Crippen LogP contribution is 2.39. The maximum Gasteiger partial charge on any atom is 0.348 e. The molecule has 3 heterocycles. The van der Waals surface area contributed by atoms with Gasteiger partial charge in [0.15, 0.2) is 11.9 Å². The molecular weight excluding hydrogens is 282 g/mol. The molecule has 1 saturated heterocycles. The van der Waals surface area contributed by atoms with Gasteiger partial charge in [-0.2, -0.15) is 4.98 Å². The fraction of sp³-hybridized carbons (Fsp3) is 0.545. The van der Waals surface area contributed by atoms with Crippen LogP contribution in [0.3, 0.4) is 0 Å². The van der Waals surface area contributed by atoms with Crippen molar-refractivity contribution >= 4 is 17.0 Å². The molecule has 6 N–H and O–H groups in total. The average molecular weight is 297 g/mol. The molecule has 3 unspecified atom stereocenters. The highest BCUT2D eigenvalue weighted by atomic mass is 16.6. The molecule has 2 aromatic rings. The van der Waals surface area contributed by atoms with Crippen LogP contribution in [0.1, 0.15) is 13.2 Å². The van der Waals surface area contributed by atoms with E-state index in [2.05, 4.69) is 15.0 Å². The fourth-order valence-corrected chi connectivity index (χ4v) is 2.52. The monoisotopic (exact) mass is 297 g/mol. The summed E-state index contributed by atoms with van der Waals surface area (Å²) in [7, 11) is 0. The third-order valence-electron chi connectivity index (χ3n) is 3.66. The Balaban J connectivity index is 2.15. The summed E-state index contributed by atoms with van der Waals surface area (Å²) in [5, 5.41) is 29.6. The molecule has 0 aromatic carbocycles. The number of aromatic amines is 1. The van der Waals surface area contributed by atoms with Crippen molar-refractivity contribution in [2.75, 3.05) is 12.3 Å². The maximum atomic E-state index is 11.4. The molecular formula is C11H15N5O5. The van der Waals surface area contributed by atoms with Gasteiger partial charge in [0.2, 0.25) is 0 Å². The van der Waals surface area contributed by atoms with Crippen LogP contribution in [0.2, 0.25) is 0 Å². The number of ether oxygens (including phenoxy) is 1. The summed E-state index contributed by atoms with van der Waals surface area (Å²) in [5.41, 5.74) is 3.66. The van der Waals surface area contributed by atoms with E-state index in [1.54, 1.807) is 0 Å². The topological polar surface area (TPSA) is 160 Å². The van der Waals surface area contributed by atoms with Crippen molar-refractivity contribution in [3.05, 3.63) is 16.8 Å². The van der Waals surface area contributed by atoms with Gasteiger partial charge < -0.3 is 25.8 Å². The van der Waals surface area contributed by atoms with Crippen LogP contribution in [0, 0.1) is 0 Å². The molecule has 0 bridgehead atoms. The van der Waals surface area contributed by atoms with Gasteiger partial charge in [-0.1, -0.05) is 0 Å². The molecule has 0 amide bonds. The Bertz CT molecular complexity index is 738. The van der Waals surface area contributed by atoms with Crippen LogP contribution in [0.4, 0.5) is 5.82 Å². The predicted octanol–water partition coefficient (Wildman–Crippen LogP) is -2.30. The Labute approximate surface area is 117 Å². The fourth-order valence-electron chi connectivity index (χ4n) is 2.52. The predicted molar refractivity (Wildman–Crippen MR) is 70.2 cm³/mol. The largest absolute Gasteiger partial charge is 0.394 e. The number of aliphatic hydroxyl groups excluding tert-OH is 2. The molecule has 4 atom stereocenters. The average Bonchev–Trinajstić information content (AvgIpc) is 2.91. The molecule has 1 aliphatic heterocycles. The zero-order valence-electron chi connectivity index (χ0n) is 11.1. The number of rotatable bonds is 2. The number of hydrogen-bond donors (Lipinski definition) is 5. The number of aromatic nitrogens is 4. The lowest BCUT2D eigenvalue weighted by molar-refractivity contribution is -0.0950. The van der Waals surface area contributed by atoms with Gasteiger partial charge in [0.1, 0.15) is 29.1 Å². The van der Waals surface area contributed by atoms with Crippen LogP contribution >= 0.6 is 0 Å². The second-order valence-electron chi connectivity index (χ2n) is 5.16. The SMILES string of the molecule is C[C@@]1(O)C(O)C(CO)OC1n1cnc2c(N)[nH]c(=O)nc21. The van der Waals surface area contributed by atoms with Gasteiger partial charge in [-0.05, 0) is 6.92 Å². The zero-order chi connectivity index (χ0) is 15.4. The molecule has 1 fully saturated rings. The Morgan fingerprint density at radius 2 is 2.33 bits per heavy atom. The van der Waals surface area contributed by atoms with Gasteiger partial charge >= 0.3 is 5.69 Å². The van der Waals surface area contributed by atoms with Crippen LogP contribution in [-0.4, -0.2) is 59.3 Å². The molecule has 0 radical (unpaired) electrons. The highest BCUT2D eigenvalue weighted by Gasteiger charge is 2.53. The minimum atomic E-state index is -1.69. The smallest absolute Gasteiger partial charge is 0.348 e. The van der Waals surface area contributed by atoms with E-state index in [4.69, 9.17) is 10.5 Å². The molecule has 10 nitrogen and oxygen atoms in total. The summed E-state index contributed by atoms with van der Waals surface area (Å²) in [6.07, 6.45) is -2.03. The summed E-state index contributed by atoms with van der Waals surface area (Å²) in [6.45, 7) is 0.900. The first-order valence-electron chi connectivity index (χ1n) is 6.25.